The predicted molar refractivity (Wildman–Crippen MR) is 94.1 cm³/mol. The molecule has 0 spiro atoms. The van der Waals surface area contributed by atoms with Gasteiger partial charge >= 0.3 is 0 Å². The molecule has 6 nitrogen and oxygen atoms in total. The van der Waals surface area contributed by atoms with Crippen molar-refractivity contribution >= 4 is 41.2 Å². The second kappa shape index (κ2) is 9.40. The van der Waals surface area contributed by atoms with Gasteiger partial charge in [-0.1, -0.05) is 0 Å². The average Bonchev–Trinajstić information content (AvgIpc) is 2.94. The van der Waals surface area contributed by atoms with E-state index in [4.69, 9.17) is 5.73 Å². The van der Waals surface area contributed by atoms with E-state index in [-0.39, 0.29) is 30.3 Å². The van der Waals surface area contributed by atoms with Crippen LogP contribution >= 0.6 is 23.7 Å². The summed E-state index contributed by atoms with van der Waals surface area (Å²) >= 11 is 1.32. The van der Waals surface area contributed by atoms with Gasteiger partial charge in [0.05, 0.1) is 11.6 Å². The number of amides is 2. The van der Waals surface area contributed by atoms with Gasteiger partial charge in [0.25, 0.3) is 5.91 Å². The first-order chi connectivity index (χ1) is 11.4. The summed E-state index contributed by atoms with van der Waals surface area (Å²) in [6, 6.07) is 2.68. The topological polar surface area (TPSA) is 88.3 Å². The van der Waals surface area contributed by atoms with Crippen LogP contribution in [0.4, 0.5) is 14.5 Å². The van der Waals surface area contributed by atoms with Crippen LogP contribution in [0.2, 0.25) is 0 Å². The molecule has 2 rings (SSSR count). The van der Waals surface area contributed by atoms with Crippen molar-refractivity contribution in [3.05, 3.63) is 45.9 Å². The van der Waals surface area contributed by atoms with Gasteiger partial charge in [-0.05, 0) is 18.7 Å². The molecule has 1 aromatic carbocycles. The zero-order chi connectivity index (χ0) is 17.7. The number of rotatable bonds is 6. The summed E-state index contributed by atoms with van der Waals surface area (Å²) < 4.78 is 26.2. The number of likely N-dealkylation sites (N-methyl/N-ethyl adjacent to an activating group) is 1. The van der Waals surface area contributed by atoms with E-state index >= 15 is 0 Å². The molecule has 0 radical (unpaired) electrons. The van der Waals surface area contributed by atoms with Crippen LogP contribution in [0.15, 0.2) is 23.6 Å². The number of aromatic nitrogens is 1. The number of hydrogen-bond acceptors (Lipinski definition) is 5. The van der Waals surface area contributed by atoms with Crippen LogP contribution in [0.25, 0.3) is 0 Å². The second-order valence-electron chi connectivity index (χ2n) is 5.03. The van der Waals surface area contributed by atoms with Crippen molar-refractivity contribution < 1.29 is 18.4 Å². The Kier molecular flexibility index (Phi) is 7.88. The van der Waals surface area contributed by atoms with Crippen LogP contribution in [0.3, 0.4) is 0 Å². The van der Waals surface area contributed by atoms with Crippen molar-refractivity contribution in [2.75, 3.05) is 25.5 Å². The van der Waals surface area contributed by atoms with E-state index in [0.717, 1.165) is 17.1 Å². The van der Waals surface area contributed by atoms with Crippen molar-refractivity contribution in [3.63, 3.8) is 0 Å². The molecule has 0 aliphatic heterocycles. The number of benzene rings is 1. The molecule has 0 fully saturated rings. The van der Waals surface area contributed by atoms with Crippen molar-refractivity contribution in [1.82, 2.24) is 9.88 Å². The lowest BCUT2D eigenvalue weighted by atomic mass is 10.3. The minimum absolute atomic E-state index is 0. The van der Waals surface area contributed by atoms with Crippen molar-refractivity contribution in [3.8, 4) is 0 Å². The lowest BCUT2D eigenvalue weighted by molar-refractivity contribution is -0.116. The van der Waals surface area contributed by atoms with E-state index in [1.165, 1.54) is 23.3 Å². The summed E-state index contributed by atoms with van der Waals surface area (Å²) in [5.74, 6) is -2.60. The van der Waals surface area contributed by atoms with Crippen LogP contribution in [0.5, 0.6) is 0 Å². The van der Waals surface area contributed by atoms with Crippen LogP contribution < -0.4 is 11.1 Å². The first-order valence-electron chi connectivity index (χ1n) is 7.05. The fourth-order valence-electron chi connectivity index (χ4n) is 1.96. The summed E-state index contributed by atoms with van der Waals surface area (Å²) in [6.07, 6.45) is 0.577. The van der Waals surface area contributed by atoms with Gasteiger partial charge in [-0.3, -0.25) is 9.59 Å². The molecule has 0 bridgehead atoms. The Bertz CT molecular complexity index is 737. The molecule has 1 aromatic heterocycles. The smallest absolute Gasteiger partial charge is 0.273 e. The molecule has 25 heavy (non-hydrogen) atoms. The lowest BCUT2D eigenvalue weighted by Crippen LogP contribution is -2.35. The number of nitrogens with two attached hydrogens (primary N) is 1. The van der Waals surface area contributed by atoms with Gasteiger partial charge in [0.2, 0.25) is 5.91 Å². The van der Waals surface area contributed by atoms with Gasteiger partial charge in [0.15, 0.2) is 0 Å². The van der Waals surface area contributed by atoms with E-state index < -0.39 is 23.4 Å². The number of nitrogens with zero attached hydrogens (tertiary/aromatic N) is 2. The Hall–Kier alpha value is -2.10. The van der Waals surface area contributed by atoms with E-state index in [9.17, 15) is 18.4 Å². The monoisotopic (exact) mass is 390 g/mol. The predicted octanol–water partition coefficient (Wildman–Crippen LogP) is 2.05. The van der Waals surface area contributed by atoms with Gasteiger partial charge in [-0.15, -0.1) is 23.7 Å². The van der Waals surface area contributed by atoms with Gasteiger partial charge in [-0.2, -0.15) is 0 Å². The van der Waals surface area contributed by atoms with Gasteiger partial charge in [-0.25, -0.2) is 13.8 Å². The second-order valence-corrected chi connectivity index (χ2v) is 5.98. The number of carbonyl (C=O) groups is 2. The fraction of sp³-hybridized carbons (Fsp3) is 0.267. The molecule has 1 heterocycles. The molecule has 136 valence electrons. The van der Waals surface area contributed by atoms with Crippen LogP contribution in [-0.2, 0) is 11.2 Å². The quantitative estimate of drug-likeness (QED) is 0.790. The van der Waals surface area contributed by atoms with Gasteiger partial charge in [0.1, 0.15) is 17.3 Å². The Balaban J connectivity index is 0.00000312. The molecular formula is C15H17ClF2N4O2S. The van der Waals surface area contributed by atoms with Crippen LogP contribution in [-0.4, -0.2) is 41.8 Å². The first kappa shape index (κ1) is 20.9. The maximum atomic E-state index is 13.1. The minimum Gasteiger partial charge on any atom is -0.331 e. The highest BCUT2D eigenvalue weighted by Crippen LogP contribution is 2.14. The Morgan fingerprint density at radius 3 is 2.52 bits per heavy atom. The van der Waals surface area contributed by atoms with Crippen LogP contribution in [0, 0.1) is 11.6 Å². The maximum Gasteiger partial charge on any atom is 0.273 e. The Labute approximate surface area is 153 Å². The molecular weight excluding hydrogens is 374 g/mol. The molecule has 0 aliphatic rings. The Morgan fingerprint density at radius 2 is 1.92 bits per heavy atom. The third-order valence-electron chi connectivity index (χ3n) is 3.00. The SMILES string of the molecule is CN(CC(=O)Nc1cc(F)cc(F)c1)C(=O)c1csc(CCN)n1.Cl. The van der Waals surface area contributed by atoms with Crippen molar-refractivity contribution in [2.45, 2.75) is 6.42 Å². The molecule has 0 atom stereocenters. The summed E-state index contributed by atoms with van der Waals surface area (Å²) in [7, 11) is 1.44. The first-order valence-corrected chi connectivity index (χ1v) is 7.93. The molecule has 10 heteroatoms. The van der Waals surface area contributed by atoms with Gasteiger partial charge in [0, 0.05) is 30.6 Å². The zero-order valence-electron chi connectivity index (χ0n) is 13.3. The van der Waals surface area contributed by atoms with E-state index in [1.807, 2.05) is 0 Å². The highest BCUT2D eigenvalue weighted by molar-refractivity contribution is 7.09. The highest BCUT2D eigenvalue weighted by Gasteiger charge is 2.18. The van der Waals surface area contributed by atoms with E-state index in [0.29, 0.717) is 19.0 Å². The molecule has 3 N–H and O–H groups in total. The van der Waals surface area contributed by atoms with Crippen LogP contribution in [0.1, 0.15) is 15.5 Å². The lowest BCUT2D eigenvalue weighted by Gasteiger charge is -2.15. The summed E-state index contributed by atoms with van der Waals surface area (Å²) in [5, 5.41) is 4.68. The van der Waals surface area contributed by atoms with Crippen molar-refractivity contribution in [2.24, 2.45) is 5.73 Å². The molecule has 2 amide bonds. The number of nitrogens with one attached hydrogen (secondary N) is 1. The largest absolute Gasteiger partial charge is 0.331 e. The number of carbonyl (C=O) groups excluding carboxylic acids is 2. The summed E-state index contributed by atoms with van der Waals surface area (Å²) in [5.41, 5.74) is 5.65. The standard InChI is InChI=1S/C15H16F2N4O2S.ClH/c1-21(15(23)12-8-24-14(20-12)2-3-18)7-13(22)19-11-5-9(16)4-10(17)6-11;/h4-6,8H,2-3,7,18H2,1H3,(H,19,22);1H. The zero-order valence-corrected chi connectivity index (χ0v) is 14.9. The molecule has 0 aliphatic carbocycles. The van der Waals surface area contributed by atoms with Gasteiger partial charge < -0.3 is 16.0 Å². The summed E-state index contributed by atoms with van der Waals surface area (Å²) in [4.78, 5) is 29.4. The number of anilines is 1. The maximum absolute atomic E-state index is 13.1. The minimum atomic E-state index is -0.801. The third-order valence-corrected chi connectivity index (χ3v) is 3.91. The van der Waals surface area contributed by atoms with E-state index in [1.54, 1.807) is 5.38 Å². The average molecular weight is 391 g/mol. The Morgan fingerprint density at radius 1 is 1.28 bits per heavy atom. The normalized spacial score (nSPS) is 10.1. The van der Waals surface area contributed by atoms with Crippen molar-refractivity contribution in [1.29, 1.82) is 0 Å². The number of halogens is 3. The molecule has 0 unspecified atom stereocenters. The number of thiazole rings is 1. The number of hydrogen-bond donors (Lipinski definition) is 2. The molecule has 0 saturated carbocycles. The molecule has 0 saturated heterocycles. The molecule has 2 aromatic rings. The van der Waals surface area contributed by atoms with E-state index in [2.05, 4.69) is 10.3 Å². The third kappa shape index (κ3) is 6.04. The fourth-order valence-corrected chi connectivity index (χ4v) is 2.74. The highest BCUT2D eigenvalue weighted by atomic mass is 35.5. The summed E-state index contributed by atoms with van der Waals surface area (Å²) in [6.45, 7) is 0.157.